The van der Waals surface area contributed by atoms with E-state index < -0.39 is 5.92 Å². The van der Waals surface area contributed by atoms with E-state index in [1.807, 2.05) is 65.7 Å². The number of benzene rings is 1. The summed E-state index contributed by atoms with van der Waals surface area (Å²) in [6.45, 7) is 6.68. The fourth-order valence-corrected chi connectivity index (χ4v) is 4.93. The van der Waals surface area contributed by atoms with Crippen molar-refractivity contribution in [3.8, 4) is 0 Å². The van der Waals surface area contributed by atoms with Gasteiger partial charge in [-0.15, -0.1) is 11.3 Å². The zero-order chi connectivity index (χ0) is 21.3. The molecule has 0 aliphatic carbocycles. The molecule has 3 aromatic rings. The van der Waals surface area contributed by atoms with E-state index in [1.165, 1.54) is 0 Å². The van der Waals surface area contributed by atoms with E-state index in [-0.39, 0.29) is 23.8 Å². The highest BCUT2D eigenvalue weighted by atomic mass is 32.1. The predicted molar refractivity (Wildman–Crippen MR) is 120 cm³/mol. The number of hydrogen-bond acceptors (Lipinski definition) is 4. The Morgan fingerprint density at radius 1 is 1.17 bits per heavy atom. The Labute approximate surface area is 180 Å². The van der Waals surface area contributed by atoms with Crippen molar-refractivity contribution < 1.29 is 9.59 Å². The third-order valence-corrected chi connectivity index (χ3v) is 6.31. The second-order valence-corrected chi connectivity index (χ2v) is 9.01. The van der Waals surface area contributed by atoms with E-state index in [0.29, 0.717) is 17.9 Å². The third kappa shape index (κ3) is 3.75. The van der Waals surface area contributed by atoms with Crippen molar-refractivity contribution in [1.29, 1.82) is 0 Å². The Morgan fingerprint density at radius 2 is 1.97 bits per heavy atom. The number of carbonyl (C=O) groups is 2. The van der Waals surface area contributed by atoms with Gasteiger partial charge in [0.15, 0.2) is 0 Å². The topological polar surface area (TPSA) is 62.3 Å². The molecule has 0 unspecified atom stereocenters. The highest BCUT2D eigenvalue weighted by molar-refractivity contribution is 7.10. The number of nitrogens with zero attached hydrogens (tertiary/aromatic N) is 2. The molecule has 0 bridgehead atoms. The zero-order valence-corrected chi connectivity index (χ0v) is 18.1. The summed E-state index contributed by atoms with van der Waals surface area (Å²) in [6, 6.07) is 14.9. The van der Waals surface area contributed by atoms with Gasteiger partial charge in [-0.05, 0) is 47.5 Å². The van der Waals surface area contributed by atoms with Gasteiger partial charge in [-0.3, -0.25) is 9.59 Å². The standard InChI is InChI=1S/C24H25N3O2S/c1-15(2)14-27-21(19-11-7-13-30-19)20(17-9-4-5-10-18(17)24(27)29)23(28)26-22-16(3)8-6-12-25-22/h4-13,15,20-21H,14H2,1-3H3,(H,25,26,28)/t20-,21-/m1/s1. The van der Waals surface area contributed by atoms with E-state index in [0.717, 1.165) is 16.0 Å². The van der Waals surface area contributed by atoms with Crippen LogP contribution in [0.25, 0.3) is 0 Å². The average Bonchev–Trinajstić information content (AvgIpc) is 3.25. The molecule has 1 aliphatic rings. The molecule has 0 fully saturated rings. The number of pyridine rings is 1. The SMILES string of the molecule is Cc1cccnc1NC(=O)[C@@H]1c2ccccc2C(=O)N(CC(C)C)[C@@H]1c1cccs1. The zero-order valence-electron chi connectivity index (χ0n) is 17.3. The minimum atomic E-state index is -0.516. The molecular weight excluding hydrogens is 394 g/mol. The van der Waals surface area contributed by atoms with Crippen molar-refractivity contribution in [3.63, 3.8) is 0 Å². The summed E-state index contributed by atoms with van der Waals surface area (Å²) < 4.78 is 0. The number of nitrogens with one attached hydrogen (secondary N) is 1. The largest absolute Gasteiger partial charge is 0.329 e. The molecule has 3 heterocycles. The monoisotopic (exact) mass is 419 g/mol. The molecule has 30 heavy (non-hydrogen) atoms. The number of anilines is 1. The van der Waals surface area contributed by atoms with Crippen molar-refractivity contribution in [2.24, 2.45) is 5.92 Å². The van der Waals surface area contributed by atoms with Crippen LogP contribution in [-0.2, 0) is 4.79 Å². The van der Waals surface area contributed by atoms with Crippen molar-refractivity contribution in [2.45, 2.75) is 32.7 Å². The number of hydrogen-bond donors (Lipinski definition) is 1. The Hall–Kier alpha value is -2.99. The van der Waals surface area contributed by atoms with Crippen LogP contribution >= 0.6 is 11.3 Å². The van der Waals surface area contributed by atoms with Gasteiger partial charge in [0, 0.05) is 23.2 Å². The second kappa shape index (κ2) is 8.40. The van der Waals surface area contributed by atoms with Gasteiger partial charge in [0.1, 0.15) is 5.82 Å². The Morgan fingerprint density at radius 3 is 2.67 bits per heavy atom. The van der Waals surface area contributed by atoms with Gasteiger partial charge in [0.05, 0.1) is 12.0 Å². The Balaban J connectivity index is 1.83. The molecule has 6 heteroatoms. The third-order valence-electron chi connectivity index (χ3n) is 5.37. The molecule has 2 aromatic heterocycles. The summed E-state index contributed by atoms with van der Waals surface area (Å²) in [5.74, 6) is 0.151. The molecule has 0 saturated carbocycles. The van der Waals surface area contributed by atoms with Gasteiger partial charge in [-0.1, -0.05) is 44.2 Å². The summed E-state index contributed by atoms with van der Waals surface area (Å²) in [6.07, 6.45) is 1.67. The maximum absolute atomic E-state index is 13.6. The van der Waals surface area contributed by atoms with Crippen LogP contribution in [0.3, 0.4) is 0 Å². The number of amides is 2. The van der Waals surface area contributed by atoms with Gasteiger partial charge < -0.3 is 10.2 Å². The van der Waals surface area contributed by atoms with Crippen LogP contribution in [0.1, 0.15) is 52.2 Å². The van der Waals surface area contributed by atoms with Crippen molar-refractivity contribution in [1.82, 2.24) is 9.88 Å². The van der Waals surface area contributed by atoms with Crippen LogP contribution in [0.5, 0.6) is 0 Å². The fourth-order valence-electron chi connectivity index (χ4n) is 4.06. The van der Waals surface area contributed by atoms with E-state index in [1.54, 1.807) is 17.5 Å². The van der Waals surface area contributed by atoms with Crippen molar-refractivity contribution >= 4 is 29.0 Å². The molecule has 154 valence electrons. The van der Waals surface area contributed by atoms with E-state index in [9.17, 15) is 9.59 Å². The smallest absolute Gasteiger partial charge is 0.254 e. The van der Waals surface area contributed by atoms with Gasteiger partial charge in [-0.25, -0.2) is 4.98 Å². The van der Waals surface area contributed by atoms with Gasteiger partial charge in [0.2, 0.25) is 5.91 Å². The summed E-state index contributed by atoms with van der Waals surface area (Å²) in [5.41, 5.74) is 2.27. The normalized spacial score (nSPS) is 18.4. The molecule has 1 N–H and O–H groups in total. The van der Waals surface area contributed by atoms with Crippen LogP contribution in [0.15, 0.2) is 60.1 Å². The lowest BCUT2D eigenvalue weighted by atomic mass is 9.81. The van der Waals surface area contributed by atoms with Crippen LogP contribution < -0.4 is 5.32 Å². The van der Waals surface area contributed by atoms with Crippen molar-refractivity contribution in [2.75, 3.05) is 11.9 Å². The van der Waals surface area contributed by atoms with Gasteiger partial charge in [0.25, 0.3) is 5.91 Å². The van der Waals surface area contributed by atoms with Crippen LogP contribution in [0, 0.1) is 12.8 Å². The first-order valence-corrected chi connectivity index (χ1v) is 11.0. The summed E-state index contributed by atoms with van der Waals surface area (Å²) >= 11 is 1.58. The predicted octanol–water partition coefficient (Wildman–Crippen LogP) is 5.03. The Bertz CT molecular complexity index is 1060. The number of thiophene rings is 1. The average molecular weight is 420 g/mol. The van der Waals surface area contributed by atoms with Crippen LogP contribution in [0.2, 0.25) is 0 Å². The molecule has 4 rings (SSSR count). The summed E-state index contributed by atoms with van der Waals surface area (Å²) in [7, 11) is 0. The van der Waals surface area contributed by atoms with Crippen molar-refractivity contribution in [3.05, 3.63) is 81.7 Å². The molecule has 1 aliphatic heterocycles. The highest BCUT2D eigenvalue weighted by Gasteiger charge is 2.44. The lowest BCUT2D eigenvalue weighted by molar-refractivity contribution is -0.119. The first kappa shape index (κ1) is 20.3. The van der Waals surface area contributed by atoms with E-state index in [4.69, 9.17) is 0 Å². The Kier molecular flexibility index (Phi) is 5.68. The molecule has 2 amide bonds. The number of aryl methyl sites for hydroxylation is 1. The second-order valence-electron chi connectivity index (χ2n) is 8.03. The fraction of sp³-hybridized carbons (Fsp3) is 0.292. The summed E-state index contributed by atoms with van der Waals surface area (Å²) in [4.78, 5) is 34.3. The molecule has 0 spiro atoms. The maximum Gasteiger partial charge on any atom is 0.254 e. The van der Waals surface area contributed by atoms with E-state index >= 15 is 0 Å². The molecular formula is C24H25N3O2S. The number of fused-ring (bicyclic) bond motifs is 1. The number of aromatic nitrogens is 1. The molecule has 1 aromatic carbocycles. The maximum atomic E-state index is 13.6. The van der Waals surface area contributed by atoms with Crippen LogP contribution in [0.4, 0.5) is 5.82 Å². The lowest BCUT2D eigenvalue weighted by Crippen LogP contribution is -2.47. The molecule has 5 nitrogen and oxygen atoms in total. The van der Waals surface area contributed by atoms with Gasteiger partial charge in [-0.2, -0.15) is 0 Å². The minimum absolute atomic E-state index is 0.0178. The van der Waals surface area contributed by atoms with E-state index in [2.05, 4.69) is 24.1 Å². The van der Waals surface area contributed by atoms with Crippen LogP contribution in [-0.4, -0.2) is 28.2 Å². The van der Waals surface area contributed by atoms with Gasteiger partial charge >= 0.3 is 0 Å². The first-order valence-electron chi connectivity index (χ1n) is 10.1. The first-order chi connectivity index (χ1) is 14.5. The number of rotatable bonds is 5. The highest BCUT2D eigenvalue weighted by Crippen LogP contribution is 2.44. The number of carbonyl (C=O) groups excluding carboxylic acids is 2. The molecule has 0 saturated heterocycles. The minimum Gasteiger partial charge on any atom is -0.329 e. The summed E-state index contributed by atoms with van der Waals surface area (Å²) in [5, 5.41) is 5.01. The lowest BCUT2D eigenvalue weighted by Gasteiger charge is -2.42. The molecule has 2 atom stereocenters. The molecule has 0 radical (unpaired) electrons. The quantitative estimate of drug-likeness (QED) is 0.631.